The van der Waals surface area contributed by atoms with Gasteiger partial charge in [-0.15, -0.1) is 0 Å². The first-order valence-corrected chi connectivity index (χ1v) is 19.7. The van der Waals surface area contributed by atoms with Crippen LogP contribution in [-0.2, 0) is 32.0 Å². The van der Waals surface area contributed by atoms with Gasteiger partial charge in [0.1, 0.15) is 29.1 Å². The van der Waals surface area contributed by atoms with Crippen LogP contribution in [0.25, 0.3) is 22.1 Å². The summed E-state index contributed by atoms with van der Waals surface area (Å²) in [5.41, 5.74) is 20.0. The molecule has 8 rings (SSSR count). The Hall–Kier alpha value is -5.97. The topological polar surface area (TPSA) is 177 Å². The fraction of sp³-hybridized carbons (Fsp3) is 0.356. The summed E-state index contributed by atoms with van der Waals surface area (Å²) in [5.74, 6) is 2.62. The van der Waals surface area contributed by atoms with Crippen LogP contribution in [0.3, 0.4) is 0 Å². The molecule has 0 radical (unpaired) electrons. The summed E-state index contributed by atoms with van der Waals surface area (Å²) in [6, 6.07) is 28.3. The fourth-order valence-corrected chi connectivity index (χ4v) is 9.78. The zero-order valence-electron chi connectivity index (χ0n) is 32.7. The van der Waals surface area contributed by atoms with Crippen LogP contribution in [0.15, 0.2) is 84.9 Å². The van der Waals surface area contributed by atoms with Crippen molar-refractivity contribution in [1.29, 1.82) is 10.8 Å². The van der Waals surface area contributed by atoms with Crippen LogP contribution in [0, 0.1) is 21.6 Å². The lowest BCUT2D eigenvalue weighted by atomic mass is 9.61. The van der Waals surface area contributed by atoms with E-state index in [4.69, 9.17) is 32.3 Å². The summed E-state index contributed by atoms with van der Waals surface area (Å²) in [7, 11) is 4.10. The average Bonchev–Trinajstić information content (AvgIpc) is 3.96. The van der Waals surface area contributed by atoms with E-state index in [1.165, 1.54) is 11.1 Å². The van der Waals surface area contributed by atoms with E-state index in [0.29, 0.717) is 30.0 Å². The second-order valence-corrected chi connectivity index (χ2v) is 16.4. The number of carbonyl (C=O) groups excluding carboxylic acids is 1. The first-order chi connectivity index (χ1) is 26.9. The Kier molecular flexibility index (Phi) is 9.42. The van der Waals surface area contributed by atoms with Gasteiger partial charge in [-0.3, -0.25) is 15.6 Å². The van der Waals surface area contributed by atoms with E-state index in [-0.39, 0.29) is 23.5 Å². The molecule has 2 aromatic heterocycles. The predicted molar refractivity (Wildman–Crippen MR) is 225 cm³/mol. The number of aryl methyl sites for hydroxylation is 2. The number of benzene rings is 4. The van der Waals surface area contributed by atoms with Crippen molar-refractivity contribution in [3.05, 3.63) is 119 Å². The van der Waals surface area contributed by atoms with Crippen LogP contribution < -0.4 is 22.1 Å². The number of hydrogen-bond acceptors (Lipinski definition) is 7. The van der Waals surface area contributed by atoms with Crippen molar-refractivity contribution in [2.45, 2.75) is 77.3 Å². The van der Waals surface area contributed by atoms with Crippen LogP contribution in [0.2, 0.25) is 0 Å². The van der Waals surface area contributed by atoms with Gasteiger partial charge in [0, 0.05) is 47.4 Å². The van der Waals surface area contributed by atoms with Crippen molar-refractivity contribution >= 4 is 50.9 Å². The lowest BCUT2D eigenvalue weighted by molar-refractivity contribution is -0.138. The molecule has 2 aliphatic rings. The largest absolute Gasteiger partial charge is 0.384 e. The zero-order valence-corrected chi connectivity index (χ0v) is 32.7. The summed E-state index contributed by atoms with van der Waals surface area (Å²) >= 11 is 0. The molecule has 6 aromatic rings. The van der Waals surface area contributed by atoms with Gasteiger partial charge in [-0.25, -0.2) is 9.97 Å². The molecule has 0 saturated heterocycles. The van der Waals surface area contributed by atoms with Crippen LogP contribution in [0.4, 0.5) is 11.4 Å². The molecule has 0 amide bonds. The number of carbonyl (C=O) groups is 1. The molecule has 8 N–H and O–H groups in total. The van der Waals surface area contributed by atoms with Crippen LogP contribution >= 0.6 is 0 Å². The van der Waals surface area contributed by atoms with E-state index in [9.17, 15) is 0 Å². The van der Waals surface area contributed by atoms with E-state index in [0.717, 1.165) is 83.6 Å². The predicted octanol–water partition coefficient (Wildman–Crippen LogP) is 8.07. The summed E-state index contributed by atoms with van der Waals surface area (Å²) in [5, 5.41) is 22.2. The molecule has 2 saturated carbocycles. The standard InChI is InChI=1S/C45H52N10O/c1-44(21-5-7-33(44)29-13-19-37-35(23-29)52-39(54(37)3)25-50-31-15-9-27(10-16-31)41(46)47)43(56)45(2)22-6-8-34(45)30-14-20-38-36(24-30)53-40(55(38)4)26-51-32-17-11-28(12-18-32)42(48)49/h9-20,23-24,33-34,50-51H,5-8,21-22,25-26H2,1-4H3,(H3,46,47)(H3,48,49). The third kappa shape index (κ3) is 6.48. The number of anilines is 2. The number of amidine groups is 2. The molecule has 2 fully saturated rings. The maximum atomic E-state index is 15.2. The molecule has 4 aromatic carbocycles. The maximum absolute atomic E-state index is 15.2. The Morgan fingerprint density at radius 3 is 1.45 bits per heavy atom. The van der Waals surface area contributed by atoms with Gasteiger partial charge in [0.05, 0.1) is 35.2 Å². The van der Waals surface area contributed by atoms with Gasteiger partial charge in [-0.2, -0.15) is 0 Å². The molecule has 2 aliphatic carbocycles. The van der Waals surface area contributed by atoms with Crippen molar-refractivity contribution in [1.82, 2.24) is 19.1 Å². The second kappa shape index (κ2) is 14.3. The van der Waals surface area contributed by atoms with Crippen molar-refractivity contribution in [3.63, 3.8) is 0 Å². The number of Topliss-reactive ketones (excluding diaryl/α,β-unsaturated/α-hetero) is 1. The van der Waals surface area contributed by atoms with Crippen LogP contribution in [0.1, 0.15) is 98.1 Å². The number of hydrogen-bond donors (Lipinski definition) is 6. The van der Waals surface area contributed by atoms with Gasteiger partial charge in [-0.05, 0) is 121 Å². The molecular formula is C45H52N10O. The quantitative estimate of drug-likeness (QED) is 0.0542. The minimum atomic E-state index is -0.466. The molecule has 2 heterocycles. The van der Waals surface area contributed by atoms with E-state index < -0.39 is 10.8 Å². The highest BCUT2D eigenvalue weighted by Gasteiger charge is 2.55. The number of aromatic nitrogens is 4. The normalized spacial score (nSPS) is 22.1. The Labute approximate surface area is 327 Å². The number of nitrogens with two attached hydrogens (primary N) is 2. The number of nitrogen functional groups attached to an aromatic ring is 2. The smallest absolute Gasteiger partial charge is 0.145 e. The third-order valence-electron chi connectivity index (χ3n) is 13.0. The van der Waals surface area contributed by atoms with Crippen molar-refractivity contribution in [3.8, 4) is 0 Å². The molecule has 288 valence electrons. The molecule has 56 heavy (non-hydrogen) atoms. The molecule has 0 aliphatic heterocycles. The maximum Gasteiger partial charge on any atom is 0.145 e. The average molecular weight is 749 g/mol. The van der Waals surface area contributed by atoms with Crippen molar-refractivity contribution < 1.29 is 4.79 Å². The molecule has 4 atom stereocenters. The Morgan fingerprint density at radius 2 is 1.07 bits per heavy atom. The third-order valence-corrected chi connectivity index (χ3v) is 13.0. The fourth-order valence-electron chi connectivity index (χ4n) is 9.78. The number of rotatable bonds is 12. The van der Waals surface area contributed by atoms with E-state index >= 15 is 4.79 Å². The lowest BCUT2D eigenvalue weighted by Crippen LogP contribution is -2.43. The Morgan fingerprint density at radius 1 is 0.679 bits per heavy atom. The summed E-state index contributed by atoms with van der Waals surface area (Å²) in [4.78, 5) is 25.3. The molecule has 11 nitrogen and oxygen atoms in total. The van der Waals surface area contributed by atoms with Gasteiger partial charge < -0.3 is 31.2 Å². The Bertz CT molecular complexity index is 2310. The lowest BCUT2D eigenvalue weighted by Gasteiger charge is -2.41. The minimum Gasteiger partial charge on any atom is -0.384 e. The highest BCUT2D eigenvalue weighted by atomic mass is 16.1. The van der Waals surface area contributed by atoms with Crippen LogP contribution in [-0.4, -0.2) is 36.6 Å². The number of fused-ring (bicyclic) bond motifs is 2. The van der Waals surface area contributed by atoms with E-state index in [2.05, 4.69) is 70.0 Å². The van der Waals surface area contributed by atoms with Gasteiger partial charge in [0.25, 0.3) is 0 Å². The van der Waals surface area contributed by atoms with E-state index in [1.54, 1.807) is 0 Å². The number of ketones is 1. The highest BCUT2D eigenvalue weighted by molar-refractivity contribution is 5.96. The summed E-state index contributed by atoms with van der Waals surface area (Å²) in [6.45, 7) is 5.58. The van der Waals surface area contributed by atoms with Crippen molar-refractivity contribution in [2.75, 3.05) is 10.6 Å². The van der Waals surface area contributed by atoms with Gasteiger partial charge in [0.15, 0.2) is 0 Å². The summed E-state index contributed by atoms with van der Waals surface area (Å²) < 4.78 is 4.26. The number of nitrogens with zero attached hydrogens (tertiary/aromatic N) is 4. The van der Waals surface area contributed by atoms with E-state index in [1.807, 2.05) is 62.6 Å². The molecule has 11 heteroatoms. The van der Waals surface area contributed by atoms with Gasteiger partial charge >= 0.3 is 0 Å². The monoisotopic (exact) mass is 748 g/mol. The van der Waals surface area contributed by atoms with Crippen LogP contribution in [0.5, 0.6) is 0 Å². The Balaban J connectivity index is 1.00. The van der Waals surface area contributed by atoms with Gasteiger partial charge in [0.2, 0.25) is 0 Å². The molecular weight excluding hydrogens is 697 g/mol. The number of nitrogens with one attached hydrogen (secondary N) is 4. The highest BCUT2D eigenvalue weighted by Crippen LogP contribution is 2.59. The van der Waals surface area contributed by atoms with Gasteiger partial charge in [-0.1, -0.05) is 38.8 Å². The first-order valence-electron chi connectivity index (χ1n) is 19.7. The zero-order chi connectivity index (χ0) is 39.4. The molecule has 0 spiro atoms. The molecule has 0 bridgehead atoms. The minimum absolute atomic E-state index is 0.0538. The second-order valence-electron chi connectivity index (χ2n) is 16.4. The molecule has 4 unspecified atom stereocenters. The first kappa shape index (κ1) is 37.0. The number of imidazole rings is 2. The summed E-state index contributed by atoms with van der Waals surface area (Å²) in [6.07, 6.45) is 5.83. The van der Waals surface area contributed by atoms with Crippen molar-refractivity contribution in [2.24, 2.45) is 36.4 Å². The SMILES string of the molecule is Cn1c(CNc2ccc(C(=N)N)cc2)nc2cc(C3CCCC3(C)C(=O)C3(C)CCCC3c3ccc4c(c3)nc(CNc3ccc(C(=N)N)cc3)n4C)ccc21.